The zero-order valence-corrected chi connectivity index (χ0v) is 17.3. The number of carbonyl (C=O) groups is 1. The van der Waals surface area contributed by atoms with E-state index >= 15 is 0 Å². The number of amides is 1. The molecule has 164 valence electrons. The summed E-state index contributed by atoms with van der Waals surface area (Å²) in [6.45, 7) is 1.43. The second-order valence-electron chi connectivity index (χ2n) is 7.00. The van der Waals surface area contributed by atoms with Gasteiger partial charge in [-0.05, 0) is 36.8 Å². The predicted molar refractivity (Wildman–Crippen MR) is 113 cm³/mol. The molecular weight excluding hydrogens is 447 g/mol. The predicted octanol–water partition coefficient (Wildman–Crippen LogP) is 4.20. The number of fused-ring (bicyclic) bond motifs is 1. The number of benzene rings is 2. The molecule has 11 heteroatoms. The molecule has 7 nitrogen and oxygen atoms in total. The quantitative estimate of drug-likeness (QED) is 0.494. The Morgan fingerprint density at radius 3 is 2.66 bits per heavy atom. The zero-order chi connectivity index (χ0) is 23.0. The molecule has 4 rings (SSSR count). The van der Waals surface area contributed by atoms with E-state index in [0.717, 1.165) is 34.0 Å². The van der Waals surface area contributed by atoms with E-state index in [4.69, 9.17) is 11.6 Å². The van der Waals surface area contributed by atoms with Crippen LogP contribution in [0.25, 0.3) is 16.7 Å². The van der Waals surface area contributed by atoms with Gasteiger partial charge in [0.15, 0.2) is 5.65 Å². The normalized spacial score (nSPS) is 11.7. The van der Waals surface area contributed by atoms with Crippen LogP contribution in [0.15, 0.2) is 59.8 Å². The highest BCUT2D eigenvalue weighted by molar-refractivity contribution is 6.33. The van der Waals surface area contributed by atoms with Gasteiger partial charge in [-0.2, -0.15) is 18.3 Å². The van der Waals surface area contributed by atoms with Gasteiger partial charge in [-0.1, -0.05) is 29.8 Å². The van der Waals surface area contributed by atoms with Crippen molar-refractivity contribution >= 4 is 34.2 Å². The number of rotatable bonds is 4. The van der Waals surface area contributed by atoms with Crippen LogP contribution >= 0.6 is 11.6 Å². The first-order valence-electron chi connectivity index (χ1n) is 9.31. The van der Waals surface area contributed by atoms with Crippen LogP contribution in [0, 0.1) is 6.92 Å². The van der Waals surface area contributed by atoms with E-state index in [2.05, 4.69) is 15.4 Å². The van der Waals surface area contributed by atoms with Crippen molar-refractivity contribution in [2.24, 2.45) is 0 Å². The molecule has 0 spiro atoms. The van der Waals surface area contributed by atoms with Crippen LogP contribution in [0.5, 0.6) is 0 Å². The summed E-state index contributed by atoms with van der Waals surface area (Å²) in [5.41, 5.74) is 0.328. The zero-order valence-electron chi connectivity index (χ0n) is 16.5. The van der Waals surface area contributed by atoms with Gasteiger partial charge in [0, 0.05) is 0 Å². The Bertz CT molecular complexity index is 1390. The minimum Gasteiger partial charge on any atom is -0.323 e. The Morgan fingerprint density at radius 1 is 1.19 bits per heavy atom. The fourth-order valence-corrected chi connectivity index (χ4v) is 3.35. The average Bonchev–Trinajstić information content (AvgIpc) is 3.16. The summed E-state index contributed by atoms with van der Waals surface area (Å²) < 4.78 is 41.3. The van der Waals surface area contributed by atoms with Crippen molar-refractivity contribution in [3.8, 4) is 5.69 Å². The van der Waals surface area contributed by atoms with E-state index in [1.54, 1.807) is 0 Å². The van der Waals surface area contributed by atoms with E-state index in [9.17, 15) is 22.8 Å². The van der Waals surface area contributed by atoms with Gasteiger partial charge in [0.25, 0.3) is 5.56 Å². The van der Waals surface area contributed by atoms with Gasteiger partial charge in [-0.15, -0.1) is 0 Å². The number of anilines is 1. The summed E-state index contributed by atoms with van der Waals surface area (Å²) >= 11 is 5.90. The fraction of sp³-hybridized carbons (Fsp3) is 0.143. The Hall–Kier alpha value is -3.66. The van der Waals surface area contributed by atoms with Crippen molar-refractivity contribution in [1.29, 1.82) is 0 Å². The lowest BCUT2D eigenvalue weighted by Crippen LogP contribution is -2.28. The van der Waals surface area contributed by atoms with Gasteiger partial charge >= 0.3 is 6.18 Å². The maximum absolute atomic E-state index is 12.9. The van der Waals surface area contributed by atoms with Gasteiger partial charge in [-0.3, -0.25) is 14.2 Å². The van der Waals surface area contributed by atoms with Crippen molar-refractivity contribution in [2.45, 2.75) is 19.6 Å². The molecular formula is C21H15ClF3N5O2. The largest absolute Gasteiger partial charge is 0.416 e. The second-order valence-corrected chi connectivity index (χ2v) is 7.41. The summed E-state index contributed by atoms with van der Waals surface area (Å²) in [5, 5.41) is 6.67. The molecule has 2 heterocycles. The van der Waals surface area contributed by atoms with E-state index in [-0.39, 0.29) is 16.1 Å². The summed E-state index contributed by atoms with van der Waals surface area (Å²) in [6, 6.07) is 10.0. The number of aromatic nitrogens is 4. The second kappa shape index (κ2) is 8.12. The summed E-state index contributed by atoms with van der Waals surface area (Å²) in [5.74, 6) is -0.735. The van der Waals surface area contributed by atoms with Crippen molar-refractivity contribution < 1.29 is 18.0 Å². The molecule has 1 amide bonds. The molecule has 0 radical (unpaired) electrons. The number of carbonyl (C=O) groups excluding carboxylic acids is 1. The molecule has 2 aromatic carbocycles. The molecule has 0 saturated carbocycles. The molecule has 0 saturated heterocycles. The lowest BCUT2D eigenvalue weighted by atomic mass is 10.2. The van der Waals surface area contributed by atoms with Crippen LogP contribution in [0.3, 0.4) is 0 Å². The first kappa shape index (κ1) is 21.6. The minimum absolute atomic E-state index is 0.0632. The highest BCUT2D eigenvalue weighted by atomic mass is 35.5. The number of hydrogen-bond acceptors (Lipinski definition) is 4. The number of halogens is 4. The number of alkyl halides is 3. The number of hydrogen-bond donors (Lipinski definition) is 1. The van der Waals surface area contributed by atoms with Gasteiger partial charge < -0.3 is 5.32 Å². The Morgan fingerprint density at radius 2 is 1.94 bits per heavy atom. The minimum atomic E-state index is -4.59. The topological polar surface area (TPSA) is 81.8 Å². The lowest BCUT2D eigenvalue weighted by Gasteiger charge is -2.12. The Labute approximate surface area is 184 Å². The molecule has 0 aliphatic carbocycles. The first-order valence-corrected chi connectivity index (χ1v) is 9.69. The van der Waals surface area contributed by atoms with Crippen molar-refractivity contribution in [3.05, 3.63) is 81.5 Å². The maximum Gasteiger partial charge on any atom is 0.416 e. The molecule has 0 aliphatic rings. The third-order valence-electron chi connectivity index (χ3n) is 4.78. The molecule has 32 heavy (non-hydrogen) atoms. The summed E-state index contributed by atoms with van der Waals surface area (Å²) in [7, 11) is 0. The third kappa shape index (κ3) is 4.09. The summed E-state index contributed by atoms with van der Waals surface area (Å²) in [6.07, 6.45) is -2.04. The monoisotopic (exact) mass is 461 g/mol. The summed E-state index contributed by atoms with van der Waals surface area (Å²) in [4.78, 5) is 29.5. The molecule has 0 bridgehead atoms. The number of aryl methyl sites for hydroxylation is 1. The van der Waals surface area contributed by atoms with E-state index in [0.29, 0.717) is 5.65 Å². The van der Waals surface area contributed by atoms with Crippen LogP contribution in [-0.4, -0.2) is 25.2 Å². The van der Waals surface area contributed by atoms with E-state index in [1.165, 1.54) is 17.2 Å². The number of nitrogens with one attached hydrogen (secondary N) is 1. The molecule has 0 atom stereocenters. The highest BCUT2D eigenvalue weighted by Gasteiger charge is 2.31. The average molecular weight is 462 g/mol. The number of para-hydroxylation sites is 1. The SMILES string of the molecule is Cc1ccccc1-n1ncc2c(=O)n(CC(=O)Nc3cc(C(F)(F)F)ccc3Cl)cnc21. The molecule has 0 fully saturated rings. The van der Waals surface area contributed by atoms with Crippen molar-refractivity contribution in [3.63, 3.8) is 0 Å². The smallest absolute Gasteiger partial charge is 0.323 e. The van der Waals surface area contributed by atoms with Gasteiger partial charge in [0.2, 0.25) is 5.91 Å². The van der Waals surface area contributed by atoms with Crippen molar-refractivity contribution in [1.82, 2.24) is 19.3 Å². The van der Waals surface area contributed by atoms with Crippen LogP contribution in [0.2, 0.25) is 5.02 Å². The maximum atomic E-state index is 12.9. The molecule has 2 aromatic heterocycles. The van der Waals surface area contributed by atoms with Crippen LogP contribution < -0.4 is 10.9 Å². The van der Waals surface area contributed by atoms with Crippen LogP contribution in [0.4, 0.5) is 18.9 Å². The van der Waals surface area contributed by atoms with Gasteiger partial charge in [0.1, 0.15) is 18.3 Å². The Balaban J connectivity index is 1.61. The third-order valence-corrected chi connectivity index (χ3v) is 5.11. The standard InChI is InChI=1S/C21H15ClF3N5O2/c1-12-4-2-3-5-17(12)30-19-14(9-27-30)20(32)29(11-26-19)10-18(31)28-16-8-13(21(23,24)25)6-7-15(16)22/h2-9,11H,10H2,1H3,(H,28,31). The lowest BCUT2D eigenvalue weighted by molar-refractivity contribution is -0.137. The van der Waals surface area contributed by atoms with E-state index < -0.39 is 29.8 Å². The highest BCUT2D eigenvalue weighted by Crippen LogP contribution is 2.33. The first-order chi connectivity index (χ1) is 15.1. The van der Waals surface area contributed by atoms with Crippen LogP contribution in [-0.2, 0) is 17.5 Å². The Kier molecular flexibility index (Phi) is 5.47. The fourth-order valence-electron chi connectivity index (χ4n) is 3.18. The van der Waals surface area contributed by atoms with Gasteiger partial charge in [0.05, 0.1) is 28.2 Å². The number of nitrogens with zero attached hydrogens (tertiary/aromatic N) is 4. The molecule has 0 aliphatic heterocycles. The molecule has 1 N–H and O–H groups in total. The molecule has 0 unspecified atom stereocenters. The van der Waals surface area contributed by atoms with E-state index in [1.807, 2.05) is 31.2 Å². The van der Waals surface area contributed by atoms with Crippen LogP contribution in [0.1, 0.15) is 11.1 Å². The van der Waals surface area contributed by atoms with Gasteiger partial charge in [-0.25, -0.2) is 9.67 Å². The molecule has 4 aromatic rings. The van der Waals surface area contributed by atoms with Crippen molar-refractivity contribution in [2.75, 3.05) is 5.32 Å².